The van der Waals surface area contributed by atoms with Crippen LogP contribution in [0.4, 0.5) is 94.9 Å². The van der Waals surface area contributed by atoms with E-state index in [1.54, 1.807) is 24.3 Å². The van der Waals surface area contributed by atoms with Crippen molar-refractivity contribution in [3.8, 4) is 57.4 Å². The van der Waals surface area contributed by atoms with Gasteiger partial charge in [-0.15, -0.1) is 0 Å². The summed E-state index contributed by atoms with van der Waals surface area (Å²) >= 11 is 3.00. The van der Waals surface area contributed by atoms with E-state index in [0.717, 1.165) is 67.4 Å². The first-order valence-corrected chi connectivity index (χ1v) is 28.0. The number of carbonyl (C=O) groups is 1. The van der Waals surface area contributed by atoms with Crippen molar-refractivity contribution in [1.29, 1.82) is 10.5 Å². The van der Waals surface area contributed by atoms with E-state index >= 15 is 0 Å². The molecule has 0 amide bonds. The summed E-state index contributed by atoms with van der Waals surface area (Å²) in [7, 11) is 0. The summed E-state index contributed by atoms with van der Waals surface area (Å²) in [4.78, 5) is 53.7. The third-order valence-corrected chi connectivity index (χ3v) is 12.3. The number of oxime groups is 1. The number of carbonyl (C=O) groups excluding carboxylic acids is 1. The zero-order valence-electron chi connectivity index (χ0n) is 50.2. The number of amidine groups is 1. The molecule has 12 aromatic rings. The molecule has 524 valence electrons. The molecule has 0 atom stereocenters. The van der Waals surface area contributed by atoms with Gasteiger partial charge >= 0.3 is 30.9 Å². The predicted molar refractivity (Wildman–Crippen MR) is 327 cm³/mol. The number of oxazole rings is 4. The number of nitrogens with one attached hydrogen (secondary N) is 2. The van der Waals surface area contributed by atoms with E-state index in [4.69, 9.17) is 44.9 Å². The standard InChI is InChI=1S/C15H11F3N6O2.C15H8F3N5O.C9H4BrF3N2O.C9H5F3N2O.C7H4F3NO.C6H5N3/c16-15(17,18)12-4-1-8(5-21-12)11-7-22-14(26-11)23-9-2-3-10(20-6-9)13(19)24-25;16-15(17,18)13-4-1-9(6-21-13)12-8-22-14(24-12)23-11-3-2-10(5-19)20-7-11;10-8-15-4-6(16-8)5-1-2-7(14-3-5)9(11,12)13;10-9(11,12)8-2-1-6(3-14-8)7-4-13-5-15-7;8-7(9,10)6-2-1-5(4-12)3-11-6;7-3-6-2-1-5(8)4-9-6/h1-7,25H,(H2,19,24)(H,22,23);1-4,6-8H,(H,22,23);1-4H;1-5H;1-4H;1-2,4H,8H2. The highest BCUT2D eigenvalue weighted by Gasteiger charge is 2.35. The highest BCUT2D eigenvalue weighted by molar-refractivity contribution is 9.10. The molecule has 0 aliphatic heterocycles. The zero-order chi connectivity index (χ0) is 74.4. The fourth-order valence-corrected chi connectivity index (χ4v) is 7.35. The molecule has 0 unspecified atom stereocenters. The van der Waals surface area contributed by atoms with Gasteiger partial charge in [0.25, 0.3) is 16.8 Å². The largest absolute Gasteiger partial charge is 0.443 e. The second-order valence-corrected chi connectivity index (χ2v) is 19.7. The van der Waals surface area contributed by atoms with Gasteiger partial charge < -0.3 is 45.0 Å². The van der Waals surface area contributed by atoms with Crippen LogP contribution in [0.25, 0.3) is 45.3 Å². The Morgan fingerprint density at radius 2 is 0.843 bits per heavy atom. The van der Waals surface area contributed by atoms with Crippen molar-refractivity contribution >= 4 is 57.1 Å². The summed E-state index contributed by atoms with van der Waals surface area (Å²) in [5.41, 5.74) is 10.2. The van der Waals surface area contributed by atoms with Gasteiger partial charge in [-0.05, 0) is 97.1 Å². The van der Waals surface area contributed by atoms with Crippen LogP contribution in [-0.4, -0.2) is 77.1 Å². The minimum Gasteiger partial charge on any atom is -0.443 e. The van der Waals surface area contributed by atoms with Crippen LogP contribution in [0.1, 0.15) is 55.9 Å². The molecule has 12 rings (SSSR count). The van der Waals surface area contributed by atoms with Crippen LogP contribution in [-0.2, 0) is 30.9 Å². The van der Waals surface area contributed by atoms with Crippen molar-refractivity contribution in [3.63, 3.8) is 0 Å². The topological polar surface area (TPSA) is 381 Å². The predicted octanol–water partition coefficient (Wildman–Crippen LogP) is 15.5. The molecule has 0 radical (unpaired) electrons. The lowest BCUT2D eigenvalue weighted by atomic mass is 10.2. The van der Waals surface area contributed by atoms with Gasteiger partial charge in [0, 0.05) is 74.7 Å². The quantitative estimate of drug-likeness (QED) is 0.0212. The Morgan fingerprint density at radius 1 is 0.451 bits per heavy atom. The van der Waals surface area contributed by atoms with Gasteiger partial charge in [-0.25, -0.2) is 29.9 Å². The van der Waals surface area contributed by atoms with Gasteiger partial charge in [-0.3, -0.25) is 34.7 Å². The van der Waals surface area contributed by atoms with Crippen molar-refractivity contribution in [1.82, 2.24) is 59.8 Å². The van der Waals surface area contributed by atoms with Gasteiger partial charge in [0.15, 0.2) is 41.6 Å². The smallest absolute Gasteiger partial charge is 0.433 e. The Bertz CT molecular complexity index is 4740. The lowest BCUT2D eigenvalue weighted by Crippen LogP contribution is -2.14. The van der Waals surface area contributed by atoms with E-state index in [1.807, 2.05) is 12.1 Å². The minimum absolute atomic E-state index is 0.109. The number of hydrogen-bond donors (Lipinski definition) is 5. The molecule has 0 fully saturated rings. The first kappa shape index (κ1) is 76.2. The number of aldehydes is 1. The highest BCUT2D eigenvalue weighted by atomic mass is 79.9. The summed E-state index contributed by atoms with van der Waals surface area (Å²) in [6.45, 7) is 0. The van der Waals surface area contributed by atoms with E-state index in [1.165, 1.54) is 86.2 Å². The van der Waals surface area contributed by atoms with Crippen molar-refractivity contribution in [2.24, 2.45) is 10.9 Å². The highest BCUT2D eigenvalue weighted by Crippen LogP contribution is 2.34. The fourth-order valence-electron chi connectivity index (χ4n) is 7.07. The van der Waals surface area contributed by atoms with E-state index in [-0.39, 0.29) is 51.1 Å². The molecule has 0 aliphatic carbocycles. The van der Waals surface area contributed by atoms with Gasteiger partial charge in [-0.1, -0.05) is 5.16 Å². The van der Waals surface area contributed by atoms with Gasteiger partial charge in [0.05, 0.1) is 60.4 Å². The van der Waals surface area contributed by atoms with E-state index in [9.17, 15) is 70.7 Å². The molecule has 0 aromatic carbocycles. The molecule has 25 nitrogen and oxygen atoms in total. The number of rotatable bonds is 10. The Hall–Kier alpha value is -13.2. The number of pyridine rings is 8. The molecule has 0 saturated heterocycles. The Balaban J connectivity index is 0.000000177. The Morgan fingerprint density at radius 3 is 1.15 bits per heavy atom. The van der Waals surface area contributed by atoms with Crippen molar-refractivity contribution < 1.29 is 93.5 Å². The summed E-state index contributed by atoms with van der Waals surface area (Å²) < 4.78 is 205. The second kappa shape index (κ2) is 33.8. The first-order valence-electron chi connectivity index (χ1n) is 27.2. The number of hydrogen-bond acceptors (Lipinski definition) is 24. The van der Waals surface area contributed by atoms with Crippen molar-refractivity contribution in [2.45, 2.75) is 30.9 Å². The average molecular weight is 1500 g/mol. The molecular formula is C61H37BrF15N19O6. The molecule has 7 N–H and O–H groups in total. The fraction of sp³-hybridized carbons (Fsp3) is 0.0820. The van der Waals surface area contributed by atoms with Crippen molar-refractivity contribution in [2.75, 3.05) is 16.4 Å². The Kier molecular flexibility index (Phi) is 25.3. The number of anilines is 5. The number of alkyl halides is 15. The summed E-state index contributed by atoms with van der Waals surface area (Å²) in [6, 6.07) is 23.9. The van der Waals surface area contributed by atoms with Gasteiger partial charge in [0.1, 0.15) is 57.7 Å². The molecule has 41 heteroatoms. The maximum Gasteiger partial charge on any atom is 0.433 e. The first-order chi connectivity index (χ1) is 48.2. The molecule has 102 heavy (non-hydrogen) atoms. The van der Waals surface area contributed by atoms with E-state index in [2.05, 4.69) is 91.5 Å². The maximum atomic E-state index is 12.5. The summed E-state index contributed by atoms with van der Waals surface area (Å²) in [5, 5.41) is 34.0. The molecule has 12 aromatic heterocycles. The summed E-state index contributed by atoms with van der Waals surface area (Å²) in [6.07, 6.45) is -5.62. The lowest BCUT2D eigenvalue weighted by Gasteiger charge is -2.05. The second-order valence-electron chi connectivity index (χ2n) is 19.0. The third-order valence-electron chi connectivity index (χ3n) is 11.9. The van der Waals surface area contributed by atoms with Crippen LogP contribution in [0.15, 0.2) is 205 Å². The van der Waals surface area contributed by atoms with Crippen LogP contribution >= 0.6 is 15.9 Å². The van der Waals surface area contributed by atoms with Crippen LogP contribution in [0.5, 0.6) is 0 Å². The van der Waals surface area contributed by atoms with Crippen LogP contribution in [0, 0.1) is 22.7 Å². The normalized spacial score (nSPS) is 11.3. The number of nitrogen functional groups attached to an aromatic ring is 1. The SMILES string of the molecule is FC(F)(F)c1ccc(-c2cnc(Br)o2)cn1.FC(F)(F)c1ccc(-c2cnco2)cn1.N#Cc1ccc(N)cn1.N#Cc1ccc(Nc2ncc(-c3ccc(C(F)(F)F)nc3)o2)cn1.N/C(=N\O)c1ccc(Nc2ncc(-c3ccc(C(F)(F)F)nc3)o2)cn1.O=Cc1ccc(C(F)(F)F)nc1. The Labute approximate surface area is 568 Å². The number of nitriles is 2. The minimum atomic E-state index is -4.50. The van der Waals surface area contributed by atoms with E-state index < -0.39 is 59.4 Å². The van der Waals surface area contributed by atoms with Crippen molar-refractivity contribution in [3.05, 3.63) is 234 Å². The summed E-state index contributed by atoms with van der Waals surface area (Å²) in [5.74, 6) is 1.12. The molecular weight excluding hydrogens is 1460 g/mol. The lowest BCUT2D eigenvalue weighted by molar-refractivity contribution is -0.141. The van der Waals surface area contributed by atoms with Gasteiger partial charge in [0.2, 0.25) is 0 Å². The molecule has 0 aliphatic rings. The van der Waals surface area contributed by atoms with Gasteiger partial charge in [-0.2, -0.15) is 76.4 Å². The number of nitrogens with zero attached hydrogens (tertiary/aromatic N) is 15. The molecule has 0 spiro atoms. The van der Waals surface area contributed by atoms with Crippen LogP contribution in [0.2, 0.25) is 0 Å². The molecule has 0 saturated carbocycles. The third kappa shape index (κ3) is 23.0. The molecule has 12 heterocycles. The average Bonchev–Trinajstić information content (AvgIpc) is 1.58. The maximum absolute atomic E-state index is 12.5. The number of aromatic nitrogens is 12. The van der Waals surface area contributed by atoms with Crippen LogP contribution in [0.3, 0.4) is 0 Å². The van der Waals surface area contributed by atoms with E-state index in [0.29, 0.717) is 62.8 Å². The zero-order valence-corrected chi connectivity index (χ0v) is 51.8. The molecule has 0 bridgehead atoms. The number of nitrogens with two attached hydrogens (primary N) is 2. The van der Waals surface area contributed by atoms with Crippen LogP contribution < -0.4 is 22.1 Å². The monoisotopic (exact) mass is 1500 g/mol. The number of halogens is 16.